The molecule has 0 aliphatic heterocycles. The van der Waals surface area contributed by atoms with Crippen LogP contribution in [-0.2, 0) is 6.54 Å². The summed E-state index contributed by atoms with van der Waals surface area (Å²) in [5, 5.41) is 3.43. The molecule has 18 heavy (non-hydrogen) atoms. The Morgan fingerprint density at radius 1 is 1.11 bits per heavy atom. The van der Waals surface area contributed by atoms with Crippen LogP contribution in [0, 0.1) is 5.92 Å². The molecule has 0 spiro atoms. The topological polar surface area (TPSA) is 15.3 Å². The van der Waals surface area contributed by atoms with Crippen molar-refractivity contribution >= 4 is 5.69 Å². The lowest BCUT2D eigenvalue weighted by molar-refractivity contribution is 0.568. The first-order valence-corrected chi connectivity index (χ1v) is 7.11. The van der Waals surface area contributed by atoms with Gasteiger partial charge in [-0.15, -0.1) is 0 Å². The maximum absolute atomic E-state index is 3.43. The van der Waals surface area contributed by atoms with Gasteiger partial charge in [-0.3, -0.25) is 0 Å². The molecule has 1 N–H and O–H groups in total. The van der Waals surface area contributed by atoms with Gasteiger partial charge in [0, 0.05) is 24.8 Å². The molecule has 0 saturated carbocycles. The SMILES string of the molecule is CCNCc1ccccc1N(CC(C)C)C(C)C. The average Bonchev–Trinajstić information content (AvgIpc) is 2.33. The number of rotatable bonds is 7. The quantitative estimate of drug-likeness (QED) is 0.792. The lowest BCUT2D eigenvalue weighted by atomic mass is 10.1. The van der Waals surface area contributed by atoms with Crippen LogP contribution in [0.15, 0.2) is 24.3 Å². The third kappa shape index (κ3) is 4.34. The van der Waals surface area contributed by atoms with Gasteiger partial charge in [0.15, 0.2) is 0 Å². The van der Waals surface area contributed by atoms with E-state index in [2.05, 4.69) is 69.1 Å². The van der Waals surface area contributed by atoms with E-state index in [9.17, 15) is 0 Å². The molecule has 1 aromatic rings. The molecule has 0 atom stereocenters. The number of anilines is 1. The Balaban J connectivity index is 2.95. The van der Waals surface area contributed by atoms with Crippen LogP contribution in [0.5, 0.6) is 0 Å². The van der Waals surface area contributed by atoms with Crippen molar-refractivity contribution in [1.82, 2.24) is 5.32 Å². The van der Waals surface area contributed by atoms with Gasteiger partial charge >= 0.3 is 0 Å². The largest absolute Gasteiger partial charge is 0.369 e. The van der Waals surface area contributed by atoms with Crippen molar-refractivity contribution < 1.29 is 0 Å². The summed E-state index contributed by atoms with van der Waals surface area (Å²) in [5.74, 6) is 0.680. The third-order valence-corrected chi connectivity index (χ3v) is 3.05. The minimum atomic E-state index is 0.537. The molecule has 0 saturated heterocycles. The lowest BCUT2D eigenvalue weighted by Gasteiger charge is -2.32. The van der Waals surface area contributed by atoms with Crippen LogP contribution in [0.3, 0.4) is 0 Å². The molecular weight excluding hydrogens is 220 g/mol. The summed E-state index contributed by atoms with van der Waals surface area (Å²) < 4.78 is 0. The molecule has 0 aliphatic carbocycles. The zero-order chi connectivity index (χ0) is 13.5. The highest BCUT2D eigenvalue weighted by Crippen LogP contribution is 2.23. The van der Waals surface area contributed by atoms with E-state index in [1.165, 1.54) is 11.3 Å². The van der Waals surface area contributed by atoms with Gasteiger partial charge in [-0.05, 0) is 37.9 Å². The number of para-hydroxylation sites is 1. The maximum atomic E-state index is 3.43. The van der Waals surface area contributed by atoms with Crippen molar-refractivity contribution in [3.8, 4) is 0 Å². The number of hydrogen-bond donors (Lipinski definition) is 1. The Kier molecular flexibility index (Phi) is 6.20. The first kappa shape index (κ1) is 15.0. The number of nitrogens with zero attached hydrogens (tertiary/aromatic N) is 1. The van der Waals surface area contributed by atoms with Crippen LogP contribution in [0.25, 0.3) is 0 Å². The second-order valence-corrected chi connectivity index (χ2v) is 5.55. The summed E-state index contributed by atoms with van der Waals surface area (Å²) in [6, 6.07) is 9.28. The molecule has 0 aliphatic rings. The summed E-state index contributed by atoms with van der Waals surface area (Å²) >= 11 is 0. The van der Waals surface area contributed by atoms with E-state index in [-0.39, 0.29) is 0 Å². The van der Waals surface area contributed by atoms with Gasteiger partial charge in [-0.25, -0.2) is 0 Å². The van der Waals surface area contributed by atoms with Crippen LogP contribution in [0.4, 0.5) is 5.69 Å². The third-order valence-electron chi connectivity index (χ3n) is 3.05. The highest BCUT2D eigenvalue weighted by Gasteiger charge is 2.14. The fourth-order valence-electron chi connectivity index (χ4n) is 2.18. The van der Waals surface area contributed by atoms with Crippen LogP contribution in [0.2, 0.25) is 0 Å². The van der Waals surface area contributed by atoms with E-state index >= 15 is 0 Å². The molecule has 1 rings (SSSR count). The van der Waals surface area contributed by atoms with Gasteiger partial charge in [0.1, 0.15) is 0 Å². The van der Waals surface area contributed by atoms with Crippen LogP contribution in [0.1, 0.15) is 40.2 Å². The fraction of sp³-hybridized carbons (Fsp3) is 0.625. The number of benzene rings is 1. The average molecular weight is 248 g/mol. The van der Waals surface area contributed by atoms with E-state index in [0.29, 0.717) is 12.0 Å². The summed E-state index contributed by atoms with van der Waals surface area (Å²) in [5.41, 5.74) is 2.77. The van der Waals surface area contributed by atoms with E-state index in [0.717, 1.165) is 19.6 Å². The molecule has 1 aromatic carbocycles. The van der Waals surface area contributed by atoms with Crippen LogP contribution >= 0.6 is 0 Å². The van der Waals surface area contributed by atoms with E-state index < -0.39 is 0 Å². The lowest BCUT2D eigenvalue weighted by Crippen LogP contribution is -2.35. The number of hydrogen-bond acceptors (Lipinski definition) is 2. The molecular formula is C16H28N2. The Morgan fingerprint density at radius 3 is 2.33 bits per heavy atom. The minimum absolute atomic E-state index is 0.537. The maximum Gasteiger partial charge on any atom is 0.0414 e. The molecule has 0 heterocycles. The van der Waals surface area contributed by atoms with Crippen molar-refractivity contribution in [3.63, 3.8) is 0 Å². The molecule has 102 valence electrons. The van der Waals surface area contributed by atoms with Crippen molar-refractivity contribution in [2.45, 2.75) is 47.2 Å². The minimum Gasteiger partial charge on any atom is -0.369 e. The van der Waals surface area contributed by atoms with Crippen molar-refractivity contribution in [3.05, 3.63) is 29.8 Å². The summed E-state index contributed by atoms with van der Waals surface area (Å²) in [6.07, 6.45) is 0. The standard InChI is InChI=1S/C16H28N2/c1-6-17-11-15-9-7-8-10-16(15)18(14(4)5)12-13(2)3/h7-10,13-14,17H,6,11-12H2,1-5H3. The van der Waals surface area contributed by atoms with Gasteiger partial charge in [-0.2, -0.15) is 0 Å². The molecule has 0 fully saturated rings. The second-order valence-electron chi connectivity index (χ2n) is 5.55. The van der Waals surface area contributed by atoms with E-state index in [4.69, 9.17) is 0 Å². The van der Waals surface area contributed by atoms with Gasteiger partial charge < -0.3 is 10.2 Å². The predicted octanol–water partition coefficient (Wildman–Crippen LogP) is 3.67. The van der Waals surface area contributed by atoms with Crippen molar-refractivity contribution in [2.24, 2.45) is 5.92 Å². The Morgan fingerprint density at radius 2 is 1.78 bits per heavy atom. The molecule has 0 radical (unpaired) electrons. The number of nitrogens with one attached hydrogen (secondary N) is 1. The zero-order valence-electron chi connectivity index (χ0n) is 12.5. The van der Waals surface area contributed by atoms with Crippen molar-refractivity contribution in [2.75, 3.05) is 18.0 Å². The van der Waals surface area contributed by atoms with Gasteiger partial charge in [0.05, 0.1) is 0 Å². The first-order valence-electron chi connectivity index (χ1n) is 7.11. The molecule has 2 heteroatoms. The molecule has 0 aromatic heterocycles. The molecule has 0 amide bonds. The Labute approximate surface area is 112 Å². The highest BCUT2D eigenvalue weighted by molar-refractivity contribution is 5.54. The summed E-state index contributed by atoms with van der Waals surface area (Å²) in [7, 11) is 0. The Hall–Kier alpha value is -1.02. The van der Waals surface area contributed by atoms with Crippen LogP contribution < -0.4 is 10.2 Å². The smallest absolute Gasteiger partial charge is 0.0414 e. The zero-order valence-corrected chi connectivity index (χ0v) is 12.5. The van der Waals surface area contributed by atoms with Gasteiger partial charge in [-0.1, -0.05) is 39.0 Å². The normalized spacial score (nSPS) is 11.3. The highest BCUT2D eigenvalue weighted by atomic mass is 15.2. The predicted molar refractivity (Wildman–Crippen MR) is 81.1 cm³/mol. The van der Waals surface area contributed by atoms with Gasteiger partial charge in [0.25, 0.3) is 0 Å². The summed E-state index contributed by atoms with van der Waals surface area (Å²) in [4.78, 5) is 2.51. The molecule has 0 unspecified atom stereocenters. The molecule has 2 nitrogen and oxygen atoms in total. The summed E-state index contributed by atoms with van der Waals surface area (Å²) in [6.45, 7) is 14.3. The van der Waals surface area contributed by atoms with E-state index in [1.807, 2.05) is 0 Å². The monoisotopic (exact) mass is 248 g/mol. The van der Waals surface area contributed by atoms with Gasteiger partial charge in [0.2, 0.25) is 0 Å². The van der Waals surface area contributed by atoms with Crippen LogP contribution in [-0.4, -0.2) is 19.1 Å². The van der Waals surface area contributed by atoms with E-state index in [1.54, 1.807) is 0 Å². The first-order chi connectivity index (χ1) is 8.56. The van der Waals surface area contributed by atoms with Crippen molar-refractivity contribution in [1.29, 1.82) is 0 Å². The molecule has 0 bridgehead atoms. The second kappa shape index (κ2) is 7.42. The fourth-order valence-corrected chi connectivity index (χ4v) is 2.18. The Bertz CT molecular complexity index is 345.